The average molecular weight is 287 g/mol. The second-order valence-electron chi connectivity index (χ2n) is 6.58. The molecule has 4 heteroatoms. The number of carbonyl (C=O) groups is 1. The third kappa shape index (κ3) is 3.38. The molecular formula is C17H25N3O. The Hall–Kier alpha value is -1.55. The van der Waals surface area contributed by atoms with Crippen LogP contribution in [0.3, 0.4) is 0 Å². The lowest BCUT2D eigenvalue weighted by atomic mass is 10.0. The maximum absolute atomic E-state index is 12.0. The molecule has 2 amide bonds. The highest BCUT2D eigenvalue weighted by atomic mass is 16.2. The third-order valence-corrected chi connectivity index (χ3v) is 5.01. The molecule has 2 aliphatic rings. The summed E-state index contributed by atoms with van der Waals surface area (Å²) < 4.78 is 0. The molecule has 21 heavy (non-hydrogen) atoms. The van der Waals surface area contributed by atoms with Crippen LogP contribution >= 0.6 is 0 Å². The highest BCUT2D eigenvalue weighted by Gasteiger charge is 2.53. The van der Waals surface area contributed by atoms with Crippen molar-refractivity contribution in [3.63, 3.8) is 0 Å². The van der Waals surface area contributed by atoms with Gasteiger partial charge >= 0.3 is 6.03 Å². The first-order valence-corrected chi connectivity index (χ1v) is 7.95. The van der Waals surface area contributed by atoms with E-state index in [0.29, 0.717) is 5.41 Å². The van der Waals surface area contributed by atoms with Gasteiger partial charge in [0, 0.05) is 18.3 Å². The number of benzene rings is 1. The maximum atomic E-state index is 12.0. The average Bonchev–Trinajstić information content (AvgIpc) is 3.37. The van der Waals surface area contributed by atoms with Gasteiger partial charge in [0.15, 0.2) is 0 Å². The van der Waals surface area contributed by atoms with Crippen molar-refractivity contribution in [2.45, 2.75) is 38.6 Å². The van der Waals surface area contributed by atoms with Crippen molar-refractivity contribution in [1.29, 1.82) is 0 Å². The number of carbonyl (C=O) groups excluding carboxylic acids is 1. The lowest BCUT2D eigenvalue weighted by Gasteiger charge is -2.16. The maximum Gasteiger partial charge on any atom is 0.319 e. The molecule has 3 rings (SSSR count). The summed E-state index contributed by atoms with van der Waals surface area (Å²) in [5.41, 5.74) is 2.47. The summed E-state index contributed by atoms with van der Waals surface area (Å²) in [6, 6.07) is 8.19. The van der Waals surface area contributed by atoms with Crippen LogP contribution in [-0.4, -0.2) is 19.6 Å². The summed E-state index contributed by atoms with van der Waals surface area (Å²) in [7, 11) is 1.93. The van der Waals surface area contributed by atoms with Gasteiger partial charge in [0.05, 0.1) is 0 Å². The van der Waals surface area contributed by atoms with Crippen molar-refractivity contribution in [3.8, 4) is 0 Å². The number of hydrogen-bond donors (Lipinski definition) is 3. The van der Waals surface area contributed by atoms with E-state index in [1.165, 1.54) is 31.2 Å². The van der Waals surface area contributed by atoms with E-state index in [0.717, 1.165) is 18.2 Å². The Morgan fingerprint density at radius 1 is 1.38 bits per heavy atom. The van der Waals surface area contributed by atoms with Crippen LogP contribution < -0.4 is 16.0 Å². The second kappa shape index (κ2) is 5.68. The zero-order valence-electron chi connectivity index (χ0n) is 12.9. The molecule has 0 aromatic heterocycles. The SMILES string of the molecule is CNC(C)c1cccc(NC(=O)NCC2(C3CC3)CC2)c1. The fourth-order valence-electron chi connectivity index (χ4n) is 3.07. The molecule has 1 unspecified atom stereocenters. The highest BCUT2D eigenvalue weighted by molar-refractivity contribution is 5.89. The van der Waals surface area contributed by atoms with Crippen LogP contribution in [0.5, 0.6) is 0 Å². The van der Waals surface area contributed by atoms with Gasteiger partial charge in [-0.25, -0.2) is 4.79 Å². The Balaban J connectivity index is 1.52. The quantitative estimate of drug-likeness (QED) is 0.752. The van der Waals surface area contributed by atoms with Crippen LogP contribution in [0.1, 0.15) is 44.2 Å². The van der Waals surface area contributed by atoms with Gasteiger partial charge in [-0.05, 0) is 68.7 Å². The number of rotatable bonds is 6. The topological polar surface area (TPSA) is 53.2 Å². The van der Waals surface area contributed by atoms with Crippen molar-refractivity contribution in [2.75, 3.05) is 18.9 Å². The first kappa shape index (κ1) is 14.4. The van der Waals surface area contributed by atoms with Crippen molar-refractivity contribution >= 4 is 11.7 Å². The first-order chi connectivity index (χ1) is 10.1. The lowest BCUT2D eigenvalue weighted by Crippen LogP contribution is -2.34. The zero-order chi connectivity index (χ0) is 14.9. The number of urea groups is 1. The number of nitrogens with one attached hydrogen (secondary N) is 3. The van der Waals surface area contributed by atoms with Crippen molar-refractivity contribution in [2.24, 2.45) is 11.3 Å². The Morgan fingerprint density at radius 3 is 2.76 bits per heavy atom. The first-order valence-electron chi connectivity index (χ1n) is 7.95. The molecule has 0 heterocycles. The van der Waals surface area contributed by atoms with Crippen LogP contribution in [0.25, 0.3) is 0 Å². The van der Waals surface area contributed by atoms with Crippen LogP contribution in [0.15, 0.2) is 24.3 Å². The molecule has 0 bridgehead atoms. The van der Waals surface area contributed by atoms with Crippen molar-refractivity contribution < 1.29 is 4.79 Å². The van der Waals surface area contributed by atoms with E-state index in [1.54, 1.807) is 0 Å². The van der Waals surface area contributed by atoms with Crippen molar-refractivity contribution in [1.82, 2.24) is 10.6 Å². The smallest absolute Gasteiger partial charge is 0.319 e. The minimum Gasteiger partial charge on any atom is -0.337 e. The Labute approximate surface area is 126 Å². The van der Waals surface area contributed by atoms with Gasteiger partial charge in [-0.15, -0.1) is 0 Å². The molecule has 0 spiro atoms. The molecule has 0 aliphatic heterocycles. The van der Waals surface area contributed by atoms with Gasteiger partial charge < -0.3 is 16.0 Å². The lowest BCUT2D eigenvalue weighted by molar-refractivity contribution is 0.248. The zero-order valence-corrected chi connectivity index (χ0v) is 12.9. The van der Waals surface area contributed by atoms with Crippen LogP contribution in [-0.2, 0) is 0 Å². The molecule has 1 aromatic carbocycles. The number of anilines is 1. The molecule has 2 aliphatic carbocycles. The molecule has 1 aromatic rings. The molecule has 2 fully saturated rings. The molecule has 1 atom stereocenters. The minimum atomic E-state index is -0.0869. The summed E-state index contributed by atoms with van der Waals surface area (Å²) in [5.74, 6) is 0.873. The summed E-state index contributed by atoms with van der Waals surface area (Å²) in [5, 5.41) is 9.20. The summed E-state index contributed by atoms with van der Waals surface area (Å²) >= 11 is 0. The normalized spacial score (nSPS) is 20.7. The van der Waals surface area contributed by atoms with Gasteiger partial charge in [0.2, 0.25) is 0 Å². The van der Waals surface area contributed by atoms with E-state index in [-0.39, 0.29) is 12.1 Å². The Kier molecular flexibility index (Phi) is 3.89. The summed E-state index contributed by atoms with van der Waals surface area (Å²) in [6.45, 7) is 2.93. The molecule has 4 nitrogen and oxygen atoms in total. The van der Waals surface area contributed by atoms with E-state index >= 15 is 0 Å². The summed E-state index contributed by atoms with van der Waals surface area (Å²) in [6.07, 6.45) is 5.28. The van der Waals surface area contributed by atoms with E-state index in [2.05, 4.69) is 28.9 Å². The van der Waals surface area contributed by atoms with Crippen LogP contribution in [0.2, 0.25) is 0 Å². The fourth-order valence-corrected chi connectivity index (χ4v) is 3.07. The molecule has 2 saturated carbocycles. The molecule has 114 valence electrons. The second-order valence-corrected chi connectivity index (χ2v) is 6.58. The van der Waals surface area contributed by atoms with E-state index in [9.17, 15) is 4.79 Å². The van der Waals surface area contributed by atoms with Crippen molar-refractivity contribution in [3.05, 3.63) is 29.8 Å². The van der Waals surface area contributed by atoms with E-state index in [1.807, 2.05) is 25.2 Å². The molecule has 3 N–H and O–H groups in total. The monoisotopic (exact) mass is 287 g/mol. The molecular weight excluding hydrogens is 262 g/mol. The fraction of sp³-hybridized carbons (Fsp3) is 0.588. The number of hydrogen-bond acceptors (Lipinski definition) is 2. The number of amides is 2. The van der Waals surface area contributed by atoms with Gasteiger partial charge in [-0.2, -0.15) is 0 Å². The van der Waals surface area contributed by atoms with E-state index < -0.39 is 0 Å². The van der Waals surface area contributed by atoms with E-state index in [4.69, 9.17) is 0 Å². The predicted molar refractivity (Wildman–Crippen MR) is 85.3 cm³/mol. The predicted octanol–water partition coefficient (Wildman–Crippen LogP) is 3.28. The third-order valence-electron chi connectivity index (χ3n) is 5.01. The van der Waals surface area contributed by atoms with Gasteiger partial charge in [0.25, 0.3) is 0 Å². The van der Waals surface area contributed by atoms with Crippen LogP contribution in [0, 0.1) is 11.3 Å². The standard InChI is InChI=1S/C17H25N3O/c1-12(18-2)13-4-3-5-15(10-13)20-16(21)19-11-17(8-9-17)14-6-7-14/h3-5,10,12,14,18H,6-9,11H2,1-2H3,(H2,19,20,21). The van der Waals surface area contributed by atoms with Gasteiger partial charge in [-0.1, -0.05) is 12.1 Å². The minimum absolute atomic E-state index is 0.0869. The highest BCUT2D eigenvalue weighted by Crippen LogP contribution is 2.60. The van der Waals surface area contributed by atoms with Gasteiger partial charge in [0.1, 0.15) is 0 Å². The Bertz CT molecular complexity index is 521. The molecule has 0 radical (unpaired) electrons. The largest absolute Gasteiger partial charge is 0.337 e. The van der Waals surface area contributed by atoms with Crippen LogP contribution in [0.4, 0.5) is 10.5 Å². The molecule has 0 saturated heterocycles. The van der Waals surface area contributed by atoms with Gasteiger partial charge in [-0.3, -0.25) is 0 Å². The Morgan fingerprint density at radius 2 is 2.14 bits per heavy atom. The summed E-state index contributed by atoms with van der Waals surface area (Å²) in [4.78, 5) is 12.0.